The van der Waals surface area contributed by atoms with Crippen molar-refractivity contribution in [2.24, 2.45) is 17.3 Å². The molecule has 1 aliphatic carbocycles. The van der Waals surface area contributed by atoms with Gasteiger partial charge >= 0.3 is 0 Å². The summed E-state index contributed by atoms with van der Waals surface area (Å²) in [5.74, 6) is 1.39. The van der Waals surface area contributed by atoms with Crippen LogP contribution in [0.1, 0.15) is 47.0 Å². The molecule has 12 heavy (non-hydrogen) atoms. The summed E-state index contributed by atoms with van der Waals surface area (Å²) in [7, 11) is 0. The van der Waals surface area contributed by atoms with Crippen molar-refractivity contribution in [1.29, 1.82) is 0 Å². The molecule has 0 heterocycles. The lowest BCUT2D eigenvalue weighted by atomic mass is 9.79. The van der Waals surface area contributed by atoms with Gasteiger partial charge in [0.1, 0.15) is 5.78 Å². The summed E-state index contributed by atoms with van der Waals surface area (Å²) in [6, 6.07) is 0. The van der Waals surface area contributed by atoms with E-state index in [1.165, 1.54) is 6.42 Å². The summed E-state index contributed by atoms with van der Waals surface area (Å²) in [6.07, 6.45) is 3.04. The molecule has 1 nitrogen and oxygen atoms in total. The molecule has 0 amide bonds. The third kappa shape index (κ3) is 1.55. The Bertz CT molecular complexity index is 181. The van der Waals surface area contributed by atoms with Gasteiger partial charge in [-0.25, -0.2) is 0 Å². The molecule has 1 rings (SSSR count). The molecule has 0 spiro atoms. The van der Waals surface area contributed by atoms with Crippen LogP contribution in [0.25, 0.3) is 0 Å². The normalized spacial score (nSPS) is 33.7. The molecule has 0 aromatic rings. The summed E-state index contributed by atoms with van der Waals surface area (Å²) >= 11 is 0. The van der Waals surface area contributed by atoms with Gasteiger partial charge in [0, 0.05) is 12.3 Å². The van der Waals surface area contributed by atoms with Crippen LogP contribution in [-0.4, -0.2) is 5.78 Å². The van der Waals surface area contributed by atoms with E-state index in [1.54, 1.807) is 0 Å². The standard InChI is InChI=1S/C11H20O/c1-5-10(12)9-6-7-11(3,4)8(9)2/h8-9H,5-7H2,1-4H3/t8?,9-/m1/s1. The van der Waals surface area contributed by atoms with E-state index in [0.717, 1.165) is 6.42 Å². The summed E-state index contributed by atoms with van der Waals surface area (Å²) in [5.41, 5.74) is 0.384. The largest absolute Gasteiger partial charge is 0.299 e. The van der Waals surface area contributed by atoms with Crippen LogP contribution < -0.4 is 0 Å². The minimum Gasteiger partial charge on any atom is -0.299 e. The van der Waals surface area contributed by atoms with Crippen molar-refractivity contribution < 1.29 is 4.79 Å². The first kappa shape index (κ1) is 9.76. The monoisotopic (exact) mass is 168 g/mol. The number of carbonyl (C=O) groups is 1. The quantitative estimate of drug-likeness (QED) is 0.619. The predicted octanol–water partition coefficient (Wildman–Crippen LogP) is 3.04. The Balaban J connectivity index is 2.67. The maximum Gasteiger partial charge on any atom is 0.135 e. The minimum absolute atomic E-state index is 0.352. The molecular formula is C11H20O. The maximum absolute atomic E-state index is 11.5. The fourth-order valence-electron chi connectivity index (χ4n) is 2.25. The van der Waals surface area contributed by atoms with Gasteiger partial charge in [-0.15, -0.1) is 0 Å². The van der Waals surface area contributed by atoms with Crippen molar-refractivity contribution in [3.8, 4) is 0 Å². The fourth-order valence-corrected chi connectivity index (χ4v) is 2.25. The van der Waals surface area contributed by atoms with Gasteiger partial charge in [0.2, 0.25) is 0 Å². The molecule has 2 atom stereocenters. The van der Waals surface area contributed by atoms with Crippen LogP contribution in [0.5, 0.6) is 0 Å². The molecule has 0 aliphatic heterocycles. The van der Waals surface area contributed by atoms with E-state index in [9.17, 15) is 4.79 Å². The van der Waals surface area contributed by atoms with Gasteiger partial charge in [0.05, 0.1) is 0 Å². The second kappa shape index (κ2) is 3.20. The van der Waals surface area contributed by atoms with E-state index in [-0.39, 0.29) is 0 Å². The van der Waals surface area contributed by atoms with Gasteiger partial charge < -0.3 is 0 Å². The molecule has 0 aromatic carbocycles. The van der Waals surface area contributed by atoms with E-state index >= 15 is 0 Å². The third-order valence-electron chi connectivity index (χ3n) is 3.70. The van der Waals surface area contributed by atoms with E-state index in [0.29, 0.717) is 29.5 Å². The van der Waals surface area contributed by atoms with Crippen molar-refractivity contribution >= 4 is 5.78 Å². The van der Waals surface area contributed by atoms with Gasteiger partial charge in [-0.1, -0.05) is 27.7 Å². The van der Waals surface area contributed by atoms with E-state index in [1.807, 2.05) is 6.92 Å². The number of Topliss-reactive ketones (excluding diaryl/α,β-unsaturated/α-hetero) is 1. The predicted molar refractivity (Wildman–Crippen MR) is 51.0 cm³/mol. The van der Waals surface area contributed by atoms with Crippen LogP contribution >= 0.6 is 0 Å². The van der Waals surface area contributed by atoms with Crippen LogP contribution in [0.4, 0.5) is 0 Å². The van der Waals surface area contributed by atoms with Gasteiger partial charge in [-0.05, 0) is 24.2 Å². The average molecular weight is 168 g/mol. The SMILES string of the molecule is CCC(=O)[C@@H]1CCC(C)(C)C1C. The topological polar surface area (TPSA) is 17.1 Å². The van der Waals surface area contributed by atoms with Crippen molar-refractivity contribution in [3.63, 3.8) is 0 Å². The smallest absolute Gasteiger partial charge is 0.135 e. The summed E-state index contributed by atoms with van der Waals surface area (Å²) in [5, 5.41) is 0. The molecule has 1 unspecified atom stereocenters. The Morgan fingerprint density at radius 1 is 1.50 bits per heavy atom. The zero-order valence-corrected chi connectivity index (χ0v) is 8.68. The first-order valence-electron chi connectivity index (χ1n) is 5.01. The molecule has 0 bridgehead atoms. The Morgan fingerprint density at radius 2 is 2.08 bits per heavy atom. The Hall–Kier alpha value is -0.330. The molecule has 0 saturated heterocycles. The lowest BCUT2D eigenvalue weighted by Crippen LogP contribution is -2.23. The highest BCUT2D eigenvalue weighted by Crippen LogP contribution is 2.46. The molecule has 0 radical (unpaired) electrons. The zero-order chi connectivity index (χ0) is 9.35. The molecule has 1 fully saturated rings. The van der Waals surface area contributed by atoms with Crippen LogP contribution in [-0.2, 0) is 4.79 Å². The Kier molecular flexibility index (Phi) is 2.60. The van der Waals surface area contributed by atoms with Crippen molar-refractivity contribution in [3.05, 3.63) is 0 Å². The fraction of sp³-hybridized carbons (Fsp3) is 0.909. The van der Waals surface area contributed by atoms with Gasteiger partial charge in [-0.3, -0.25) is 4.79 Å². The second-order valence-electron chi connectivity index (χ2n) is 4.74. The molecular weight excluding hydrogens is 148 g/mol. The molecule has 70 valence electrons. The highest BCUT2D eigenvalue weighted by atomic mass is 16.1. The van der Waals surface area contributed by atoms with Crippen LogP contribution in [0, 0.1) is 17.3 Å². The first-order valence-corrected chi connectivity index (χ1v) is 5.01. The molecule has 0 N–H and O–H groups in total. The lowest BCUT2D eigenvalue weighted by molar-refractivity contribution is -0.123. The molecule has 0 aromatic heterocycles. The maximum atomic E-state index is 11.5. The number of ketones is 1. The Labute approximate surface area is 75.5 Å². The van der Waals surface area contributed by atoms with Crippen LogP contribution in [0.15, 0.2) is 0 Å². The number of rotatable bonds is 2. The highest BCUT2D eigenvalue weighted by molar-refractivity contribution is 5.81. The third-order valence-corrected chi connectivity index (χ3v) is 3.70. The first-order chi connectivity index (χ1) is 5.49. The van der Waals surface area contributed by atoms with Crippen molar-refractivity contribution in [1.82, 2.24) is 0 Å². The van der Waals surface area contributed by atoms with E-state index < -0.39 is 0 Å². The number of carbonyl (C=O) groups excluding carboxylic acids is 1. The van der Waals surface area contributed by atoms with Gasteiger partial charge in [-0.2, -0.15) is 0 Å². The minimum atomic E-state index is 0.352. The van der Waals surface area contributed by atoms with E-state index in [4.69, 9.17) is 0 Å². The van der Waals surface area contributed by atoms with Crippen LogP contribution in [0.3, 0.4) is 0 Å². The van der Waals surface area contributed by atoms with Crippen molar-refractivity contribution in [2.45, 2.75) is 47.0 Å². The highest BCUT2D eigenvalue weighted by Gasteiger charge is 2.41. The number of hydrogen-bond donors (Lipinski definition) is 0. The zero-order valence-electron chi connectivity index (χ0n) is 8.68. The van der Waals surface area contributed by atoms with Crippen LogP contribution in [0.2, 0.25) is 0 Å². The summed E-state index contributed by atoms with van der Waals surface area (Å²) < 4.78 is 0. The van der Waals surface area contributed by atoms with Gasteiger partial charge in [0.15, 0.2) is 0 Å². The van der Waals surface area contributed by atoms with E-state index in [2.05, 4.69) is 20.8 Å². The molecule has 1 saturated carbocycles. The lowest BCUT2D eigenvalue weighted by Gasteiger charge is -2.26. The summed E-state index contributed by atoms with van der Waals surface area (Å²) in [6.45, 7) is 8.76. The second-order valence-corrected chi connectivity index (χ2v) is 4.74. The molecule has 1 heteroatoms. The van der Waals surface area contributed by atoms with Gasteiger partial charge in [0.25, 0.3) is 0 Å². The average Bonchev–Trinajstić information content (AvgIpc) is 2.27. The molecule has 1 aliphatic rings. The Morgan fingerprint density at radius 3 is 2.42 bits per heavy atom. The number of hydrogen-bond acceptors (Lipinski definition) is 1. The van der Waals surface area contributed by atoms with Crippen molar-refractivity contribution in [2.75, 3.05) is 0 Å². The summed E-state index contributed by atoms with van der Waals surface area (Å²) in [4.78, 5) is 11.5.